The average molecular weight is 553 g/mol. The molecule has 0 bridgehead atoms. The molecule has 9 heteroatoms. The molecule has 3 amide bonds. The van der Waals surface area contributed by atoms with Gasteiger partial charge in [0, 0.05) is 24.6 Å². The molecular weight excluding hydrogens is 512 g/mol. The fourth-order valence-electron chi connectivity index (χ4n) is 5.02. The Hall–Kier alpha value is -3.75. The lowest BCUT2D eigenvalue weighted by molar-refractivity contribution is 0.0110. The molecule has 1 unspecified atom stereocenters. The number of methoxy groups -OCH3 is 1. The predicted molar refractivity (Wildman–Crippen MR) is 150 cm³/mol. The summed E-state index contributed by atoms with van der Waals surface area (Å²) in [4.78, 5) is 41.3. The summed E-state index contributed by atoms with van der Waals surface area (Å²) in [5.41, 5.74) is 1.03. The number of nitrogens with zero attached hydrogens (tertiary/aromatic N) is 2. The van der Waals surface area contributed by atoms with Crippen LogP contribution in [0.25, 0.3) is 0 Å². The first-order valence-electron chi connectivity index (χ1n) is 13.7. The molecule has 2 atom stereocenters. The lowest BCUT2D eigenvalue weighted by Gasteiger charge is -2.39. The molecule has 9 nitrogen and oxygen atoms in total. The Balaban J connectivity index is 1.49. The van der Waals surface area contributed by atoms with Gasteiger partial charge in [-0.1, -0.05) is 18.2 Å². The Labute approximate surface area is 236 Å². The van der Waals surface area contributed by atoms with E-state index in [1.165, 1.54) is 0 Å². The van der Waals surface area contributed by atoms with Crippen LogP contribution in [0, 0.1) is 5.92 Å². The summed E-state index contributed by atoms with van der Waals surface area (Å²) < 4.78 is 22.6. The van der Waals surface area contributed by atoms with Crippen LogP contribution in [0.3, 0.4) is 0 Å². The Morgan fingerprint density at radius 3 is 2.15 bits per heavy atom. The molecule has 0 spiro atoms. The highest BCUT2D eigenvalue weighted by Gasteiger charge is 2.37. The third-order valence-electron chi connectivity index (χ3n) is 6.89. The second-order valence-electron chi connectivity index (χ2n) is 12.4. The lowest BCUT2D eigenvalue weighted by atomic mass is 9.81. The smallest absolute Gasteiger partial charge is 0.417 e. The summed E-state index contributed by atoms with van der Waals surface area (Å²) in [5.74, 6) is 1.05. The fourth-order valence-corrected chi connectivity index (χ4v) is 5.02. The number of fused-ring (bicyclic) bond motifs is 1. The van der Waals surface area contributed by atoms with Gasteiger partial charge in [-0.05, 0) is 89.3 Å². The quantitative estimate of drug-likeness (QED) is 0.449. The van der Waals surface area contributed by atoms with Gasteiger partial charge in [-0.3, -0.25) is 4.79 Å². The molecule has 4 rings (SSSR count). The van der Waals surface area contributed by atoms with E-state index in [1.807, 2.05) is 45.0 Å². The van der Waals surface area contributed by atoms with Gasteiger partial charge in [-0.25, -0.2) is 14.5 Å². The van der Waals surface area contributed by atoms with E-state index in [0.717, 1.165) is 28.2 Å². The second kappa shape index (κ2) is 11.4. The summed E-state index contributed by atoms with van der Waals surface area (Å²) in [5, 5.41) is 0. The van der Waals surface area contributed by atoms with Crippen molar-refractivity contribution in [3.63, 3.8) is 0 Å². The second-order valence-corrected chi connectivity index (χ2v) is 12.4. The number of hydrogen-bond donors (Lipinski definition) is 0. The molecule has 0 N–H and O–H groups in total. The minimum atomic E-state index is -0.700. The van der Waals surface area contributed by atoms with Gasteiger partial charge in [-0.2, -0.15) is 0 Å². The molecule has 0 aliphatic carbocycles. The first-order valence-corrected chi connectivity index (χ1v) is 13.7. The third kappa shape index (κ3) is 7.06. The Morgan fingerprint density at radius 1 is 0.900 bits per heavy atom. The zero-order chi connectivity index (χ0) is 29.2. The highest BCUT2D eigenvalue weighted by atomic mass is 16.6. The van der Waals surface area contributed by atoms with Crippen molar-refractivity contribution in [3.8, 4) is 11.5 Å². The van der Waals surface area contributed by atoms with Crippen LogP contribution in [0.1, 0.15) is 75.4 Å². The highest BCUT2D eigenvalue weighted by Crippen LogP contribution is 2.36. The molecule has 2 aliphatic heterocycles. The van der Waals surface area contributed by atoms with Gasteiger partial charge in [0.15, 0.2) is 0 Å². The number of carbonyl (C=O) groups excluding carboxylic acids is 3. The Kier molecular flexibility index (Phi) is 8.33. The number of amides is 3. The first-order chi connectivity index (χ1) is 18.7. The highest BCUT2D eigenvalue weighted by molar-refractivity contribution is 6.06. The summed E-state index contributed by atoms with van der Waals surface area (Å²) in [7, 11) is 1.64. The van der Waals surface area contributed by atoms with Crippen LogP contribution >= 0.6 is 0 Å². The number of ether oxygens (including phenoxy) is 4. The summed E-state index contributed by atoms with van der Waals surface area (Å²) in [6.45, 7) is 12.4. The van der Waals surface area contributed by atoms with Crippen LogP contribution in [0.2, 0.25) is 0 Å². The van der Waals surface area contributed by atoms with Crippen LogP contribution < -0.4 is 9.47 Å². The average Bonchev–Trinajstić information content (AvgIpc) is 3.21. The van der Waals surface area contributed by atoms with Crippen molar-refractivity contribution < 1.29 is 33.3 Å². The minimum Gasteiger partial charge on any atom is -0.497 e. The zero-order valence-electron chi connectivity index (χ0n) is 24.5. The summed E-state index contributed by atoms with van der Waals surface area (Å²) in [6.07, 6.45) is -0.244. The van der Waals surface area contributed by atoms with Crippen molar-refractivity contribution in [2.75, 3.05) is 26.8 Å². The van der Waals surface area contributed by atoms with Gasteiger partial charge < -0.3 is 23.8 Å². The maximum absolute atomic E-state index is 13.0. The molecule has 0 aromatic heterocycles. The molecule has 2 heterocycles. The Bertz CT molecular complexity index is 1240. The van der Waals surface area contributed by atoms with E-state index < -0.39 is 23.2 Å². The molecular formula is C31H40N2O7. The van der Waals surface area contributed by atoms with Gasteiger partial charge >= 0.3 is 12.2 Å². The van der Waals surface area contributed by atoms with Gasteiger partial charge in [0.25, 0.3) is 5.91 Å². The van der Waals surface area contributed by atoms with Crippen molar-refractivity contribution in [3.05, 3.63) is 59.2 Å². The van der Waals surface area contributed by atoms with Crippen molar-refractivity contribution in [1.29, 1.82) is 0 Å². The lowest BCUT2D eigenvalue weighted by Crippen LogP contribution is -2.46. The third-order valence-corrected chi connectivity index (χ3v) is 6.89. The zero-order valence-corrected chi connectivity index (χ0v) is 24.5. The van der Waals surface area contributed by atoms with Crippen LogP contribution in [0.4, 0.5) is 9.59 Å². The largest absolute Gasteiger partial charge is 0.497 e. The number of benzene rings is 2. The van der Waals surface area contributed by atoms with Gasteiger partial charge in [0.05, 0.1) is 20.3 Å². The monoisotopic (exact) mass is 552 g/mol. The molecule has 216 valence electrons. The van der Waals surface area contributed by atoms with Gasteiger partial charge in [0.1, 0.15) is 22.7 Å². The number of likely N-dealkylation sites (tertiary alicyclic amines) is 1. The number of rotatable bonds is 5. The van der Waals surface area contributed by atoms with Crippen molar-refractivity contribution in [2.24, 2.45) is 5.92 Å². The number of imide groups is 1. The van der Waals surface area contributed by atoms with E-state index in [1.54, 1.807) is 38.8 Å². The van der Waals surface area contributed by atoms with E-state index >= 15 is 0 Å². The molecule has 40 heavy (non-hydrogen) atoms. The van der Waals surface area contributed by atoms with Gasteiger partial charge in [-0.15, -0.1) is 0 Å². The molecule has 2 aromatic rings. The summed E-state index contributed by atoms with van der Waals surface area (Å²) in [6, 6.07) is 13.3. The van der Waals surface area contributed by atoms with Crippen molar-refractivity contribution >= 4 is 18.1 Å². The van der Waals surface area contributed by atoms with E-state index in [2.05, 4.69) is 12.1 Å². The normalized spacial score (nSPS) is 19.2. The molecule has 1 saturated heterocycles. The predicted octanol–water partition coefficient (Wildman–Crippen LogP) is 6.01. The van der Waals surface area contributed by atoms with E-state index in [-0.39, 0.29) is 24.5 Å². The number of hydrogen-bond acceptors (Lipinski definition) is 7. The van der Waals surface area contributed by atoms with Crippen molar-refractivity contribution in [2.45, 2.75) is 71.6 Å². The molecule has 2 aromatic carbocycles. The number of piperidine rings is 1. The minimum absolute atomic E-state index is 0.0168. The van der Waals surface area contributed by atoms with Gasteiger partial charge in [0.2, 0.25) is 0 Å². The standard InChI is InChI=1S/C31H40N2O7/c1-30(2,3)39-28(35)32-15-14-25(20-8-11-23(37-7)12-9-20)22(17-32)19-38-24-13-10-21-18-33(27(34)26(21)16-24)29(36)40-31(4,5)6/h8-13,16,22,25H,14-15,17-19H2,1-7H3/t22?,25-/m0/s1. The maximum atomic E-state index is 13.0. The van der Waals surface area contributed by atoms with Crippen LogP contribution in [0.15, 0.2) is 42.5 Å². The maximum Gasteiger partial charge on any atom is 0.417 e. The fraction of sp³-hybridized carbons (Fsp3) is 0.516. The molecule has 1 fully saturated rings. The molecule has 0 saturated carbocycles. The van der Waals surface area contributed by atoms with Crippen LogP contribution in [-0.2, 0) is 16.0 Å². The molecule has 2 aliphatic rings. The van der Waals surface area contributed by atoms with Crippen molar-refractivity contribution in [1.82, 2.24) is 9.80 Å². The van der Waals surface area contributed by atoms with E-state index in [0.29, 0.717) is 31.0 Å². The number of carbonyl (C=O) groups is 3. The van der Waals surface area contributed by atoms with Crippen LogP contribution in [0.5, 0.6) is 11.5 Å². The van der Waals surface area contributed by atoms with E-state index in [9.17, 15) is 14.4 Å². The Morgan fingerprint density at radius 2 is 1.52 bits per heavy atom. The SMILES string of the molecule is COc1ccc([C@@H]2CCN(C(=O)OC(C)(C)C)CC2COc2ccc3c(c2)C(=O)N(C(=O)OC(C)(C)C)C3)cc1. The van der Waals surface area contributed by atoms with E-state index in [4.69, 9.17) is 18.9 Å². The summed E-state index contributed by atoms with van der Waals surface area (Å²) >= 11 is 0. The van der Waals surface area contributed by atoms with Crippen LogP contribution in [-0.4, -0.2) is 65.9 Å². The first kappa shape index (κ1) is 29.2. The topological polar surface area (TPSA) is 94.6 Å². The molecule has 0 radical (unpaired) electrons.